The topological polar surface area (TPSA) is 78.9 Å². The van der Waals surface area contributed by atoms with Gasteiger partial charge in [-0.1, -0.05) is 283 Å². The highest BCUT2D eigenvalue weighted by Gasteiger charge is 2.19. The zero-order valence-corrected chi connectivity index (χ0v) is 44.7. The lowest BCUT2D eigenvalue weighted by atomic mass is 10.0. The Hall–Kier alpha value is -1.85. The van der Waals surface area contributed by atoms with Gasteiger partial charge in [0, 0.05) is 19.3 Å². The summed E-state index contributed by atoms with van der Waals surface area (Å²) in [6.45, 7) is 6.68. The highest BCUT2D eigenvalue weighted by Crippen LogP contribution is 2.17. The molecule has 0 saturated carbocycles. The van der Waals surface area contributed by atoms with Crippen molar-refractivity contribution in [2.75, 3.05) is 13.2 Å². The zero-order chi connectivity index (χ0) is 47.9. The minimum absolute atomic E-state index is 0.0684. The minimum atomic E-state index is -0.770. The Morgan fingerprint density at radius 2 is 0.500 bits per heavy atom. The van der Waals surface area contributed by atoms with Crippen molar-refractivity contribution in [1.29, 1.82) is 0 Å². The molecule has 0 saturated heterocycles. The van der Waals surface area contributed by atoms with E-state index in [0.717, 1.165) is 64.2 Å². The molecule has 0 radical (unpaired) electrons. The minimum Gasteiger partial charge on any atom is -0.462 e. The Labute approximate surface area is 411 Å². The number of rotatable bonds is 55. The maximum Gasteiger partial charge on any atom is 0.306 e. The molecule has 0 aliphatic heterocycles. The van der Waals surface area contributed by atoms with Crippen LogP contribution in [-0.2, 0) is 28.6 Å². The summed E-state index contributed by atoms with van der Waals surface area (Å²) in [6.07, 6.45) is 63.5. The SMILES string of the molecule is CCCCCCCC/C=C\CCCCCC(=O)OCC(COC(=O)CCCCCCCCCCCCCCCCCCCCC)OC(=O)CCCCCCCCCCCCCCCCCC. The van der Waals surface area contributed by atoms with E-state index in [4.69, 9.17) is 14.2 Å². The summed E-state index contributed by atoms with van der Waals surface area (Å²) in [4.78, 5) is 38.1. The van der Waals surface area contributed by atoms with E-state index in [-0.39, 0.29) is 31.1 Å². The Kier molecular flexibility index (Phi) is 54.2. The second-order valence-electron chi connectivity index (χ2n) is 20.3. The third-order valence-electron chi connectivity index (χ3n) is 13.5. The Morgan fingerprint density at radius 1 is 0.288 bits per heavy atom. The Balaban J connectivity index is 4.29. The Bertz CT molecular complexity index is 1020. The molecule has 1 unspecified atom stereocenters. The van der Waals surface area contributed by atoms with Crippen molar-refractivity contribution in [2.45, 2.75) is 341 Å². The van der Waals surface area contributed by atoms with Gasteiger partial charge in [-0.15, -0.1) is 0 Å². The third kappa shape index (κ3) is 53.1. The number of allylic oxidation sites excluding steroid dienone is 2. The average molecular weight is 932 g/mol. The van der Waals surface area contributed by atoms with Crippen molar-refractivity contribution >= 4 is 17.9 Å². The standard InChI is InChI=1S/C60H114O6/c1-4-7-10-13-16-19-22-25-27-29-30-31-33-35-38-41-44-47-50-53-59(62)65-56-57(55-64-58(61)52-49-46-43-40-37-34-24-21-18-15-12-9-6-3)66-60(63)54-51-48-45-42-39-36-32-28-26-23-20-17-14-11-8-5-2/h34,37,57H,4-33,35-36,38-56H2,1-3H3/b37-34-. The molecule has 0 N–H and O–H groups in total. The van der Waals surface area contributed by atoms with Gasteiger partial charge in [0.2, 0.25) is 0 Å². The molecule has 6 heteroatoms. The van der Waals surface area contributed by atoms with Gasteiger partial charge >= 0.3 is 17.9 Å². The summed E-state index contributed by atoms with van der Waals surface area (Å²) in [6, 6.07) is 0. The predicted octanol–water partition coefficient (Wildman–Crippen LogP) is 19.7. The van der Waals surface area contributed by atoms with Crippen molar-refractivity contribution in [2.24, 2.45) is 0 Å². The fraction of sp³-hybridized carbons (Fsp3) is 0.917. The molecule has 0 rings (SSSR count). The number of esters is 3. The van der Waals surface area contributed by atoms with Crippen molar-refractivity contribution in [3.63, 3.8) is 0 Å². The molecule has 66 heavy (non-hydrogen) atoms. The van der Waals surface area contributed by atoms with Crippen LogP contribution in [0.5, 0.6) is 0 Å². The number of hydrogen-bond donors (Lipinski definition) is 0. The number of hydrogen-bond acceptors (Lipinski definition) is 6. The molecule has 1 atom stereocenters. The van der Waals surface area contributed by atoms with Gasteiger partial charge in [0.15, 0.2) is 6.10 Å². The molecule has 0 bridgehead atoms. The number of carbonyl (C=O) groups excluding carboxylic acids is 3. The van der Waals surface area contributed by atoms with Crippen molar-refractivity contribution in [3.05, 3.63) is 12.2 Å². The van der Waals surface area contributed by atoms with Crippen molar-refractivity contribution < 1.29 is 28.6 Å². The number of carbonyl (C=O) groups is 3. The summed E-state index contributed by atoms with van der Waals surface area (Å²) in [5, 5.41) is 0. The van der Waals surface area contributed by atoms with Crippen molar-refractivity contribution in [1.82, 2.24) is 0 Å². The normalized spacial score (nSPS) is 12.0. The van der Waals surface area contributed by atoms with E-state index in [1.807, 2.05) is 0 Å². The molecule has 0 aliphatic rings. The van der Waals surface area contributed by atoms with Crippen LogP contribution in [0.2, 0.25) is 0 Å². The van der Waals surface area contributed by atoms with Crippen LogP contribution < -0.4 is 0 Å². The van der Waals surface area contributed by atoms with Gasteiger partial charge < -0.3 is 14.2 Å². The molecule has 0 aromatic rings. The molecular formula is C60H114O6. The van der Waals surface area contributed by atoms with Gasteiger partial charge in [0.05, 0.1) is 0 Å². The van der Waals surface area contributed by atoms with Gasteiger partial charge in [-0.05, 0) is 44.9 Å². The van der Waals surface area contributed by atoms with Crippen LogP contribution in [0, 0.1) is 0 Å². The monoisotopic (exact) mass is 931 g/mol. The van der Waals surface area contributed by atoms with Crippen LogP contribution in [0.15, 0.2) is 12.2 Å². The number of ether oxygens (including phenoxy) is 3. The summed E-state index contributed by atoms with van der Waals surface area (Å²) < 4.78 is 16.9. The van der Waals surface area contributed by atoms with E-state index >= 15 is 0 Å². The van der Waals surface area contributed by atoms with E-state index in [2.05, 4.69) is 32.9 Å². The lowest BCUT2D eigenvalue weighted by Gasteiger charge is -2.18. The smallest absolute Gasteiger partial charge is 0.306 e. The van der Waals surface area contributed by atoms with Gasteiger partial charge in [-0.3, -0.25) is 14.4 Å². The van der Waals surface area contributed by atoms with Gasteiger partial charge in [-0.2, -0.15) is 0 Å². The molecule has 6 nitrogen and oxygen atoms in total. The Morgan fingerprint density at radius 3 is 0.773 bits per heavy atom. The zero-order valence-electron chi connectivity index (χ0n) is 44.7. The molecule has 0 fully saturated rings. The maximum absolute atomic E-state index is 12.9. The van der Waals surface area contributed by atoms with E-state index in [0.29, 0.717) is 19.3 Å². The fourth-order valence-corrected chi connectivity index (χ4v) is 9.03. The first kappa shape index (κ1) is 64.2. The van der Waals surface area contributed by atoms with Gasteiger partial charge in [0.1, 0.15) is 13.2 Å². The van der Waals surface area contributed by atoms with Gasteiger partial charge in [-0.25, -0.2) is 0 Å². The van der Waals surface area contributed by atoms with Crippen LogP contribution in [0.4, 0.5) is 0 Å². The third-order valence-corrected chi connectivity index (χ3v) is 13.5. The maximum atomic E-state index is 12.9. The van der Waals surface area contributed by atoms with Crippen LogP contribution in [0.25, 0.3) is 0 Å². The van der Waals surface area contributed by atoms with Crippen LogP contribution >= 0.6 is 0 Å². The fourth-order valence-electron chi connectivity index (χ4n) is 9.03. The van der Waals surface area contributed by atoms with Crippen LogP contribution in [0.1, 0.15) is 335 Å². The molecule has 0 amide bonds. The van der Waals surface area contributed by atoms with Crippen LogP contribution in [-0.4, -0.2) is 37.2 Å². The van der Waals surface area contributed by atoms with Crippen molar-refractivity contribution in [3.8, 4) is 0 Å². The summed E-state index contributed by atoms with van der Waals surface area (Å²) in [7, 11) is 0. The van der Waals surface area contributed by atoms with Gasteiger partial charge in [0.25, 0.3) is 0 Å². The quantitative estimate of drug-likeness (QED) is 0.0262. The molecule has 0 aromatic carbocycles. The van der Waals surface area contributed by atoms with E-state index in [9.17, 15) is 14.4 Å². The molecule has 0 heterocycles. The number of unbranched alkanes of at least 4 members (excludes halogenated alkanes) is 42. The molecule has 390 valence electrons. The molecule has 0 aliphatic carbocycles. The van der Waals surface area contributed by atoms with E-state index in [1.165, 1.54) is 231 Å². The highest BCUT2D eigenvalue weighted by molar-refractivity contribution is 5.71. The highest BCUT2D eigenvalue weighted by atomic mass is 16.6. The first-order valence-corrected chi connectivity index (χ1v) is 29.7. The predicted molar refractivity (Wildman–Crippen MR) is 284 cm³/mol. The second kappa shape index (κ2) is 55.7. The average Bonchev–Trinajstić information content (AvgIpc) is 3.31. The molecular weight excluding hydrogens is 817 g/mol. The van der Waals surface area contributed by atoms with Crippen LogP contribution in [0.3, 0.4) is 0 Å². The van der Waals surface area contributed by atoms with E-state index in [1.54, 1.807) is 0 Å². The lowest BCUT2D eigenvalue weighted by Crippen LogP contribution is -2.30. The molecule has 0 spiro atoms. The first-order valence-electron chi connectivity index (χ1n) is 29.7. The first-order chi connectivity index (χ1) is 32.5. The summed E-state index contributed by atoms with van der Waals surface area (Å²) >= 11 is 0. The lowest BCUT2D eigenvalue weighted by molar-refractivity contribution is -0.167. The van der Waals surface area contributed by atoms with E-state index < -0.39 is 6.10 Å². The summed E-state index contributed by atoms with van der Waals surface area (Å²) in [5.41, 5.74) is 0. The molecule has 0 aromatic heterocycles. The largest absolute Gasteiger partial charge is 0.462 e. The second-order valence-corrected chi connectivity index (χ2v) is 20.3. The summed E-state index contributed by atoms with van der Waals surface area (Å²) in [5.74, 6) is -0.859.